The number of hydrogen-bond acceptors (Lipinski definition) is 10. The normalized spacial score (nSPS) is 19.2. The molecule has 182 valence electrons. The van der Waals surface area contributed by atoms with E-state index in [1.807, 2.05) is 13.0 Å². The SMILES string of the molecule is CC1(COc2ncc(C#N)cc2Nc2nccc(-c3cc(C#N)c4c(c3)[C@@](C)(CO)CN4)n2)COC1. The Bertz CT molecular complexity index is 1410. The third-order valence-corrected chi connectivity index (χ3v) is 6.55. The number of fused-ring (bicyclic) bond motifs is 1. The number of nitrogens with zero attached hydrogens (tertiary/aromatic N) is 5. The lowest BCUT2D eigenvalue weighted by molar-refractivity contribution is -0.120. The van der Waals surface area contributed by atoms with Crippen molar-refractivity contribution in [3.8, 4) is 29.3 Å². The van der Waals surface area contributed by atoms with Gasteiger partial charge in [0.05, 0.1) is 48.9 Å². The van der Waals surface area contributed by atoms with Crippen LogP contribution in [0.3, 0.4) is 0 Å². The Balaban J connectivity index is 1.46. The highest BCUT2D eigenvalue weighted by Crippen LogP contribution is 2.41. The maximum atomic E-state index is 9.98. The van der Waals surface area contributed by atoms with Crippen LogP contribution in [-0.4, -0.2) is 53.0 Å². The molecule has 1 fully saturated rings. The molecule has 3 N–H and O–H groups in total. The fourth-order valence-electron chi connectivity index (χ4n) is 4.26. The Hall–Kier alpha value is -4.25. The molecule has 2 aliphatic heterocycles. The molecule has 0 radical (unpaired) electrons. The summed E-state index contributed by atoms with van der Waals surface area (Å²) >= 11 is 0. The molecule has 1 atom stereocenters. The molecule has 1 saturated heterocycles. The van der Waals surface area contributed by atoms with Gasteiger partial charge in [-0.15, -0.1) is 0 Å². The van der Waals surface area contributed by atoms with E-state index < -0.39 is 5.41 Å². The number of aromatic nitrogens is 3. The van der Waals surface area contributed by atoms with Crippen LogP contribution >= 0.6 is 0 Å². The van der Waals surface area contributed by atoms with Crippen molar-refractivity contribution < 1.29 is 14.6 Å². The first kappa shape index (κ1) is 23.5. The molecule has 2 aliphatic rings. The van der Waals surface area contributed by atoms with Gasteiger partial charge >= 0.3 is 0 Å². The Morgan fingerprint density at radius 1 is 1.19 bits per heavy atom. The van der Waals surface area contributed by atoms with Crippen LogP contribution in [0.25, 0.3) is 11.3 Å². The Kier molecular flexibility index (Phi) is 5.92. The fraction of sp³-hybridized carbons (Fsp3) is 0.346. The van der Waals surface area contributed by atoms with E-state index in [1.165, 1.54) is 6.20 Å². The summed E-state index contributed by atoms with van der Waals surface area (Å²) in [5, 5.41) is 35.4. The number of nitriles is 2. The first-order chi connectivity index (χ1) is 17.4. The van der Waals surface area contributed by atoms with Gasteiger partial charge in [-0.1, -0.05) is 13.8 Å². The lowest BCUT2D eigenvalue weighted by Crippen LogP contribution is -2.44. The summed E-state index contributed by atoms with van der Waals surface area (Å²) in [4.78, 5) is 13.3. The predicted molar refractivity (Wildman–Crippen MR) is 132 cm³/mol. The topological polar surface area (TPSA) is 149 Å². The van der Waals surface area contributed by atoms with E-state index in [0.29, 0.717) is 54.8 Å². The molecule has 4 heterocycles. The molecule has 0 spiro atoms. The summed E-state index contributed by atoms with van der Waals surface area (Å²) < 4.78 is 11.3. The minimum absolute atomic E-state index is 0.0475. The molecule has 10 nitrogen and oxygen atoms in total. The molecule has 5 rings (SSSR count). The zero-order valence-corrected chi connectivity index (χ0v) is 20.0. The van der Waals surface area contributed by atoms with Crippen LogP contribution in [0, 0.1) is 28.1 Å². The van der Waals surface area contributed by atoms with Crippen LogP contribution in [0.15, 0.2) is 36.7 Å². The van der Waals surface area contributed by atoms with Crippen LogP contribution in [-0.2, 0) is 10.2 Å². The summed E-state index contributed by atoms with van der Waals surface area (Å²) in [7, 11) is 0. The highest BCUT2D eigenvalue weighted by atomic mass is 16.5. The maximum Gasteiger partial charge on any atom is 0.237 e. The smallest absolute Gasteiger partial charge is 0.237 e. The molecule has 0 unspecified atom stereocenters. The molecular weight excluding hydrogens is 458 g/mol. The summed E-state index contributed by atoms with van der Waals surface area (Å²) in [6, 6.07) is 11.4. The summed E-state index contributed by atoms with van der Waals surface area (Å²) in [5.41, 5.74) is 3.71. The van der Waals surface area contributed by atoms with Gasteiger partial charge in [-0.2, -0.15) is 10.5 Å². The van der Waals surface area contributed by atoms with Crippen molar-refractivity contribution in [3.63, 3.8) is 0 Å². The van der Waals surface area contributed by atoms with Gasteiger partial charge in [0.25, 0.3) is 0 Å². The maximum absolute atomic E-state index is 9.98. The van der Waals surface area contributed by atoms with Gasteiger partial charge in [-0.3, -0.25) is 0 Å². The largest absolute Gasteiger partial charge is 0.475 e. The van der Waals surface area contributed by atoms with Crippen molar-refractivity contribution in [2.45, 2.75) is 19.3 Å². The van der Waals surface area contributed by atoms with E-state index in [4.69, 9.17) is 9.47 Å². The second kappa shape index (κ2) is 9.08. The molecular formula is C26H25N7O3. The van der Waals surface area contributed by atoms with Crippen LogP contribution in [0.5, 0.6) is 5.88 Å². The van der Waals surface area contributed by atoms with Crippen molar-refractivity contribution in [3.05, 3.63) is 53.3 Å². The Morgan fingerprint density at radius 2 is 2.03 bits per heavy atom. The van der Waals surface area contributed by atoms with Crippen LogP contribution in [0.2, 0.25) is 0 Å². The first-order valence-corrected chi connectivity index (χ1v) is 11.5. The van der Waals surface area contributed by atoms with Gasteiger partial charge in [0, 0.05) is 35.3 Å². The van der Waals surface area contributed by atoms with Crippen LogP contribution in [0.1, 0.15) is 30.5 Å². The number of nitrogens with one attached hydrogen (secondary N) is 2. The van der Waals surface area contributed by atoms with Crippen molar-refractivity contribution in [1.29, 1.82) is 10.5 Å². The van der Waals surface area contributed by atoms with Gasteiger partial charge < -0.3 is 25.2 Å². The summed E-state index contributed by atoms with van der Waals surface area (Å²) in [6.07, 6.45) is 3.07. The molecule has 0 saturated carbocycles. The van der Waals surface area contributed by atoms with Crippen molar-refractivity contribution in [2.24, 2.45) is 5.41 Å². The average Bonchev–Trinajstić information content (AvgIpc) is 3.23. The standard InChI is InChI=1S/C26H25N7O3/c1-25(13-35-14-25)15-36-23-21(5-16(8-27)10-30-23)33-24-29-4-3-20(32-24)17-6-18(9-28)22-19(7-17)26(2,12-34)11-31-22/h3-7,10,31,34H,11-15H2,1-2H3,(H,29,32,33)/t26-/m1/s1. The van der Waals surface area contributed by atoms with Crippen molar-refractivity contribution in [1.82, 2.24) is 15.0 Å². The molecule has 10 heteroatoms. The molecule has 3 aromatic rings. The van der Waals surface area contributed by atoms with E-state index in [2.05, 4.69) is 44.6 Å². The van der Waals surface area contributed by atoms with Gasteiger partial charge in [0.2, 0.25) is 11.8 Å². The van der Waals surface area contributed by atoms with Crippen LogP contribution < -0.4 is 15.4 Å². The number of aliphatic hydroxyl groups is 1. The number of hydrogen-bond donors (Lipinski definition) is 3. The zero-order valence-electron chi connectivity index (χ0n) is 20.0. The summed E-state index contributed by atoms with van der Waals surface area (Å²) in [6.45, 7) is 6.18. The molecule has 0 amide bonds. The number of benzene rings is 1. The lowest BCUT2D eigenvalue weighted by Gasteiger charge is -2.37. The lowest BCUT2D eigenvalue weighted by atomic mass is 9.83. The van der Waals surface area contributed by atoms with Crippen molar-refractivity contribution in [2.75, 3.05) is 43.6 Å². The fourth-order valence-corrected chi connectivity index (χ4v) is 4.26. The van der Waals surface area contributed by atoms with E-state index in [0.717, 1.165) is 16.8 Å². The third-order valence-electron chi connectivity index (χ3n) is 6.55. The van der Waals surface area contributed by atoms with E-state index in [-0.39, 0.29) is 18.0 Å². The highest BCUT2D eigenvalue weighted by Gasteiger charge is 2.36. The zero-order chi connectivity index (χ0) is 25.3. The first-order valence-electron chi connectivity index (χ1n) is 11.5. The van der Waals surface area contributed by atoms with Gasteiger partial charge in [0.15, 0.2) is 0 Å². The number of anilines is 3. The monoisotopic (exact) mass is 483 g/mol. The minimum Gasteiger partial charge on any atom is -0.475 e. The van der Waals surface area contributed by atoms with Gasteiger partial charge in [-0.25, -0.2) is 15.0 Å². The van der Waals surface area contributed by atoms with Crippen molar-refractivity contribution >= 4 is 17.3 Å². The average molecular weight is 484 g/mol. The molecule has 0 aliphatic carbocycles. The highest BCUT2D eigenvalue weighted by molar-refractivity contribution is 5.76. The minimum atomic E-state index is -0.497. The number of rotatable bonds is 7. The Morgan fingerprint density at radius 3 is 2.72 bits per heavy atom. The molecule has 1 aromatic carbocycles. The van der Waals surface area contributed by atoms with E-state index in [9.17, 15) is 15.6 Å². The number of aliphatic hydroxyl groups excluding tert-OH is 1. The second-order valence-corrected chi connectivity index (χ2v) is 9.80. The van der Waals surface area contributed by atoms with Crippen LogP contribution in [0.4, 0.5) is 17.3 Å². The number of pyridine rings is 1. The third kappa shape index (κ3) is 4.29. The predicted octanol–water partition coefficient (Wildman–Crippen LogP) is 3.12. The molecule has 0 bridgehead atoms. The number of ether oxygens (including phenoxy) is 2. The van der Waals surface area contributed by atoms with Gasteiger partial charge in [-0.05, 0) is 29.8 Å². The van der Waals surface area contributed by atoms with Gasteiger partial charge in [0.1, 0.15) is 17.8 Å². The summed E-state index contributed by atoms with van der Waals surface area (Å²) in [5.74, 6) is 0.625. The van der Waals surface area contributed by atoms with E-state index in [1.54, 1.807) is 24.4 Å². The molecule has 2 aromatic heterocycles. The Labute approximate surface area is 208 Å². The second-order valence-electron chi connectivity index (χ2n) is 9.80. The molecule has 36 heavy (non-hydrogen) atoms. The van der Waals surface area contributed by atoms with E-state index >= 15 is 0 Å². The quantitative estimate of drug-likeness (QED) is 0.457.